The molecule has 0 spiro atoms. The molecule has 2 rings (SSSR count). The molecule has 2 aromatic rings. The molecule has 0 aliphatic carbocycles. The zero-order chi connectivity index (χ0) is 13.0. The Balaban J connectivity index is 2.23. The number of hydrogen-bond acceptors (Lipinski definition) is 3. The van der Waals surface area contributed by atoms with Gasteiger partial charge in [0.25, 0.3) is 5.91 Å². The molecule has 0 aliphatic rings. The van der Waals surface area contributed by atoms with Gasteiger partial charge in [0, 0.05) is 18.9 Å². The molecular formula is C12H12ClN3O2. The quantitative estimate of drug-likeness (QED) is 0.874. The summed E-state index contributed by atoms with van der Waals surface area (Å²) in [6, 6.07) is 6.86. The molecule has 0 unspecified atom stereocenters. The lowest BCUT2D eigenvalue weighted by atomic mass is 10.2. The maximum Gasteiger partial charge on any atom is 0.252 e. The van der Waals surface area contributed by atoms with Crippen LogP contribution in [0, 0.1) is 0 Å². The summed E-state index contributed by atoms with van der Waals surface area (Å²) in [6.45, 7) is 0.102. The van der Waals surface area contributed by atoms with Crippen molar-refractivity contribution < 1.29 is 9.90 Å². The largest absolute Gasteiger partial charge is 0.395 e. The van der Waals surface area contributed by atoms with Gasteiger partial charge in [0.1, 0.15) is 0 Å². The number of carbonyl (C=O) groups is 1. The van der Waals surface area contributed by atoms with Gasteiger partial charge < -0.3 is 10.4 Å². The van der Waals surface area contributed by atoms with E-state index < -0.39 is 0 Å². The summed E-state index contributed by atoms with van der Waals surface area (Å²) in [5, 5.41) is 15.6. The Morgan fingerprint density at radius 1 is 1.50 bits per heavy atom. The first kappa shape index (κ1) is 12.6. The predicted molar refractivity (Wildman–Crippen MR) is 68.0 cm³/mol. The number of aliphatic hydroxyl groups excluding tert-OH is 1. The van der Waals surface area contributed by atoms with E-state index in [-0.39, 0.29) is 19.1 Å². The van der Waals surface area contributed by atoms with Gasteiger partial charge in [-0.15, -0.1) is 0 Å². The van der Waals surface area contributed by atoms with Crippen molar-refractivity contribution in [1.29, 1.82) is 0 Å². The van der Waals surface area contributed by atoms with Gasteiger partial charge in [-0.1, -0.05) is 11.6 Å². The molecular weight excluding hydrogens is 254 g/mol. The Hall–Kier alpha value is -1.85. The lowest BCUT2D eigenvalue weighted by molar-refractivity contribution is 0.0945. The Bertz CT molecular complexity index is 540. The molecule has 0 bridgehead atoms. The average Bonchev–Trinajstić information content (AvgIpc) is 2.89. The number of halogens is 1. The number of aliphatic hydroxyl groups is 1. The van der Waals surface area contributed by atoms with Crippen LogP contribution >= 0.6 is 11.6 Å². The van der Waals surface area contributed by atoms with Crippen LogP contribution in [0.3, 0.4) is 0 Å². The lowest BCUT2D eigenvalue weighted by Crippen LogP contribution is -2.26. The predicted octanol–water partition coefficient (Wildman–Crippen LogP) is 1.25. The Kier molecular flexibility index (Phi) is 3.96. The van der Waals surface area contributed by atoms with Gasteiger partial charge in [0.15, 0.2) is 0 Å². The molecule has 1 aromatic carbocycles. The topological polar surface area (TPSA) is 67.2 Å². The van der Waals surface area contributed by atoms with Crippen LogP contribution < -0.4 is 5.32 Å². The lowest BCUT2D eigenvalue weighted by Gasteiger charge is -2.07. The number of nitrogens with one attached hydrogen (secondary N) is 1. The number of carbonyl (C=O) groups excluding carboxylic acids is 1. The van der Waals surface area contributed by atoms with Gasteiger partial charge in [-0.05, 0) is 24.3 Å². The fourth-order valence-electron chi connectivity index (χ4n) is 1.52. The first-order valence-corrected chi connectivity index (χ1v) is 5.79. The maximum atomic E-state index is 11.7. The Labute approximate surface area is 109 Å². The molecule has 1 aromatic heterocycles. The van der Waals surface area contributed by atoms with Crippen molar-refractivity contribution in [3.63, 3.8) is 0 Å². The molecule has 5 nitrogen and oxygen atoms in total. The average molecular weight is 266 g/mol. The number of rotatable bonds is 4. The van der Waals surface area contributed by atoms with Gasteiger partial charge in [-0.3, -0.25) is 4.79 Å². The molecule has 6 heteroatoms. The molecule has 1 amide bonds. The van der Waals surface area contributed by atoms with Crippen LogP contribution in [-0.4, -0.2) is 33.9 Å². The van der Waals surface area contributed by atoms with E-state index in [2.05, 4.69) is 10.4 Å². The highest BCUT2D eigenvalue weighted by Gasteiger charge is 2.10. The highest BCUT2D eigenvalue weighted by atomic mass is 35.5. The van der Waals surface area contributed by atoms with Crippen LogP contribution in [0.1, 0.15) is 10.4 Å². The van der Waals surface area contributed by atoms with Crippen LogP contribution in [0.15, 0.2) is 36.7 Å². The van der Waals surface area contributed by atoms with Crippen LogP contribution in [-0.2, 0) is 0 Å². The molecule has 0 saturated heterocycles. The van der Waals surface area contributed by atoms with Crippen LogP contribution in [0.5, 0.6) is 0 Å². The van der Waals surface area contributed by atoms with Crippen molar-refractivity contribution in [3.05, 3.63) is 47.2 Å². The van der Waals surface area contributed by atoms with Crippen molar-refractivity contribution in [1.82, 2.24) is 15.1 Å². The summed E-state index contributed by atoms with van der Waals surface area (Å²) < 4.78 is 1.65. The smallest absolute Gasteiger partial charge is 0.252 e. The summed E-state index contributed by atoms with van der Waals surface area (Å²) in [6.07, 6.45) is 3.45. The van der Waals surface area contributed by atoms with Crippen LogP contribution in [0.4, 0.5) is 0 Å². The first-order chi connectivity index (χ1) is 8.72. The van der Waals surface area contributed by atoms with Crippen molar-refractivity contribution in [3.8, 4) is 5.69 Å². The molecule has 0 radical (unpaired) electrons. The third-order valence-electron chi connectivity index (χ3n) is 2.36. The first-order valence-electron chi connectivity index (χ1n) is 5.41. The molecule has 0 atom stereocenters. The highest BCUT2D eigenvalue weighted by molar-refractivity contribution is 6.34. The second-order valence-corrected chi connectivity index (χ2v) is 4.00. The normalized spacial score (nSPS) is 10.3. The minimum Gasteiger partial charge on any atom is -0.395 e. The van der Waals surface area contributed by atoms with E-state index in [4.69, 9.17) is 16.7 Å². The third kappa shape index (κ3) is 2.69. The molecule has 0 saturated carbocycles. The van der Waals surface area contributed by atoms with Gasteiger partial charge in [0.05, 0.1) is 22.9 Å². The molecule has 0 aliphatic heterocycles. The van der Waals surface area contributed by atoms with Gasteiger partial charge >= 0.3 is 0 Å². The van der Waals surface area contributed by atoms with Crippen molar-refractivity contribution in [2.45, 2.75) is 0 Å². The summed E-state index contributed by atoms with van der Waals surface area (Å²) in [4.78, 5) is 11.7. The van der Waals surface area contributed by atoms with E-state index in [0.717, 1.165) is 5.69 Å². The molecule has 94 valence electrons. The Morgan fingerprint density at radius 2 is 2.33 bits per heavy atom. The van der Waals surface area contributed by atoms with E-state index in [9.17, 15) is 4.79 Å². The number of amides is 1. The number of hydrogen-bond donors (Lipinski definition) is 2. The van der Waals surface area contributed by atoms with Crippen LogP contribution in [0.25, 0.3) is 5.69 Å². The second-order valence-electron chi connectivity index (χ2n) is 3.59. The van der Waals surface area contributed by atoms with Crippen molar-refractivity contribution in [2.24, 2.45) is 0 Å². The summed E-state index contributed by atoms with van der Waals surface area (Å²) in [5.41, 5.74) is 1.16. The minimum absolute atomic E-state index is 0.102. The minimum atomic E-state index is -0.305. The fraction of sp³-hybridized carbons (Fsp3) is 0.167. The molecule has 0 fully saturated rings. The standard InChI is InChI=1S/C12H12ClN3O2/c13-11-8-9(16-6-1-4-15-16)2-3-10(11)12(18)14-5-7-17/h1-4,6,8,17H,5,7H2,(H,14,18). The highest BCUT2D eigenvalue weighted by Crippen LogP contribution is 2.19. The fourth-order valence-corrected chi connectivity index (χ4v) is 1.78. The van der Waals surface area contributed by atoms with E-state index in [1.807, 2.05) is 0 Å². The van der Waals surface area contributed by atoms with E-state index >= 15 is 0 Å². The summed E-state index contributed by atoms with van der Waals surface area (Å²) in [7, 11) is 0. The second kappa shape index (κ2) is 5.66. The number of aromatic nitrogens is 2. The third-order valence-corrected chi connectivity index (χ3v) is 2.68. The molecule has 2 N–H and O–H groups in total. The van der Waals surface area contributed by atoms with Crippen molar-refractivity contribution in [2.75, 3.05) is 13.2 Å². The monoisotopic (exact) mass is 265 g/mol. The summed E-state index contributed by atoms with van der Waals surface area (Å²) in [5.74, 6) is -0.305. The van der Waals surface area contributed by atoms with Crippen LogP contribution in [0.2, 0.25) is 5.02 Å². The van der Waals surface area contributed by atoms with Gasteiger partial charge in [-0.25, -0.2) is 4.68 Å². The molecule has 1 heterocycles. The number of benzene rings is 1. The van der Waals surface area contributed by atoms with E-state index in [1.165, 1.54) is 0 Å². The van der Waals surface area contributed by atoms with Crippen molar-refractivity contribution >= 4 is 17.5 Å². The maximum absolute atomic E-state index is 11.7. The SMILES string of the molecule is O=C(NCCO)c1ccc(-n2cccn2)cc1Cl. The summed E-state index contributed by atoms with van der Waals surface area (Å²) >= 11 is 6.06. The Morgan fingerprint density at radius 3 is 2.94 bits per heavy atom. The van der Waals surface area contributed by atoms with Gasteiger partial charge in [0.2, 0.25) is 0 Å². The molecule has 18 heavy (non-hydrogen) atoms. The van der Waals surface area contributed by atoms with E-state index in [1.54, 1.807) is 41.3 Å². The zero-order valence-corrected chi connectivity index (χ0v) is 10.3. The van der Waals surface area contributed by atoms with E-state index in [0.29, 0.717) is 10.6 Å². The number of nitrogens with zero attached hydrogens (tertiary/aromatic N) is 2. The zero-order valence-electron chi connectivity index (χ0n) is 9.51. The van der Waals surface area contributed by atoms with Gasteiger partial charge in [-0.2, -0.15) is 5.10 Å².